The quantitative estimate of drug-likeness (QED) is 0.923. The number of nitrogens with zero attached hydrogens (tertiary/aromatic N) is 2. The Morgan fingerprint density at radius 2 is 2.22 bits per heavy atom. The van der Waals surface area contributed by atoms with E-state index in [9.17, 15) is 4.39 Å². The molecule has 0 bridgehead atoms. The van der Waals surface area contributed by atoms with E-state index < -0.39 is 5.82 Å². The first-order valence-corrected chi connectivity index (χ1v) is 6.17. The summed E-state index contributed by atoms with van der Waals surface area (Å²) < 4.78 is 15.2. The van der Waals surface area contributed by atoms with Gasteiger partial charge in [-0.05, 0) is 30.3 Å². The fraction of sp³-hybridized carbons (Fsp3) is 0.308. The molecule has 96 valence electrons. The SMILES string of the molecule is CCNC(c1ccc(Cl)c(F)c1)c1ccn(C)n1. The van der Waals surface area contributed by atoms with Crippen LogP contribution in [0.1, 0.15) is 24.2 Å². The average molecular weight is 268 g/mol. The van der Waals surface area contributed by atoms with Crippen molar-refractivity contribution in [1.82, 2.24) is 15.1 Å². The van der Waals surface area contributed by atoms with Crippen LogP contribution in [0.4, 0.5) is 4.39 Å². The third-order valence-electron chi connectivity index (χ3n) is 2.72. The minimum Gasteiger partial charge on any atom is -0.305 e. The lowest BCUT2D eigenvalue weighted by molar-refractivity contribution is 0.586. The Bertz CT molecular complexity index is 539. The maximum Gasteiger partial charge on any atom is 0.142 e. The molecule has 0 aliphatic heterocycles. The zero-order valence-electron chi connectivity index (χ0n) is 10.3. The molecule has 5 heteroatoms. The largest absolute Gasteiger partial charge is 0.305 e. The molecule has 0 saturated heterocycles. The first kappa shape index (κ1) is 13.1. The highest BCUT2D eigenvalue weighted by atomic mass is 35.5. The van der Waals surface area contributed by atoms with Crippen LogP contribution in [-0.4, -0.2) is 16.3 Å². The molecule has 0 radical (unpaired) electrons. The Morgan fingerprint density at radius 3 is 2.78 bits per heavy atom. The molecule has 0 saturated carbocycles. The van der Waals surface area contributed by atoms with Gasteiger partial charge in [0.25, 0.3) is 0 Å². The summed E-state index contributed by atoms with van der Waals surface area (Å²) in [5.41, 5.74) is 1.68. The third kappa shape index (κ3) is 2.71. The van der Waals surface area contributed by atoms with E-state index in [4.69, 9.17) is 11.6 Å². The van der Waals surface area contributed by atoms with Crippen LogP contribution in [0.2, 0.25) is 5.02 Å². The highest BCUT2D eigenvalue weighted by Gasteiger charge is 2.16. The van der Waals surface area contributed by atoms with Crippen LogP contribution in [0, 0.1) is 5.82 Å². The molecule has 1 atom stereocenters. The molecule has 1 N–H and O–H groups in total. The smallest absolute Gasteiger partial charge is 0.142 e. The maximum atomic E-state index is 13.5. The summed E-state index contributed by atoms with van der Waals surface area (Å²) in [5, 5.41) is 7.78. The summed E-state index contributed by atoms with van der Waals surface area (Å²) in [4.78, 5) is 0. The van der Waals surface area contributed by atoms with Crippen molar-refractivity contribution in [3.05, 3.63) is 52.6 Å². The second kappa shape index (κ2) is 5.50. The fourth-order valence-electron chi connectivity index (χ4n) is 1.88. The monoisotopic (exact) mass is 267 g/mol. The van der Waals surface area contributed by atoms with Gasteiger partial charge < -0.3 is 5.32 Å². The van der Waals surface area contributed by atoms with E-state index in [-0.39, 0.29) is 11.1 Å². The lowest BCUT2D eigenvalue weighted by Crippen LogP contribution is -2.22. The van der Waals surface area contributed by atoms with Gasteiger partial charge in [0.15, 0.2) is 0 Å². The topological polar surface area (TPSA) is 29.9 Å². The number of hydrogen-bond acceptors (Lipinski definition) is 2. The number of aryl methyl sites for hydroxylation is 1. The van der Waals surface area contributed by atoms with E-state index in [1.807, 2.05) is 32.3 Å². The zero-order valence-corrected chi connectivity index (χ0v) is 11.1. The van der Waals surface area contributed by atoms with Gasteiger partial charge in [0, 0.05) is 13.2 Å². The van der Waals surface area contributed by atoms with Gasteiger partial charge in [-0.2, -0.15) is 5.10 Å². The van der Waals surface area contributed by atoms with Crippen LogP contribution in [0.5, 0.6) is 0 Å². The Labute approximate surface area is 111 Å². The zero-order chi connectivity index (χ0) is 13.1. The number of benzene rings is 1. The van der Waals surface area contributed by atoms with Gasteiger partial charge in [0.05, 0.1) is 16.8 Å². The van der Waals surface area contributed by atoms with Gasteiger partial charge in [-0.1, -0.05) is 24.6 Å². The molecular weight excluding hydrogens is 253 g/mol. The molecule has 0 spiro atoms. The van der Waals surface area contributed by atoms with Crippen LogP contribution in [0.25, 0.3) is 0 Å². The highest BCUT2D eigenvalue weighted by molar-refractivity contribution is 6.30. The molecule has 0 aliphatic carbocycles. The van der Waals surface area contributed by atoms with E-state index in [0.717, 1.165) is 17.8 Å². The van der Waals surface area contributed by atoms with Crippen LogP contribution in [0.15, 0.2) is 30.5 Å². The van der Waals surface area contributed by atoms with Crippen LogP contribution in [-0.2, 0) is 7.05 Å². The van der Waals surface area contributed by atoms with Crippen molar-refractivity contribution in [2.45, 2.75) is 13.0 Å². The van der Waals surface area contributed by atoms with Gasteiger partial charge in [-0.15, -0.1) is 0 Å². The Hall–Kier alpha value is -1.39. The molecule has 0 aliphatic rings. The summed E-state index contributed by atoms with van der Waals surface area (Å²) in [6.45, 7) is 2.77. The minimum atomic E-state index is -0.409. The van der Waals surface area contributed by atoms with Crippen molar-refractivity contribution in [2.24, 2.45) is 7.05 Å². The normalized spacial score (nSPS) is 12.7. The maximum absolute atomic E-state index is 13.5. The molecule has 2 rings (SSSR count). The fourth-order valence-corrected chi connectivity index (χ4v) is 1.99. The molecule has 3 nitrogen and oxygen atoms in total. The molecule has 18 heavy (non-hydrogen) atoms. The number of rotatable bonds is 4. The molecule has 1 aromatic heterocycles. The molecule has 0 fully saturated rings. The van der Waals surface area contributed by atoms with Crippen molar-refractivity contribution < 1.29 is 4.39 Å². The van der Waals surface area contributed by atoms with E-state index in [0.29, 0.717) is 0 Å². The average Bonchev–Trinajstić information content (AvgIpc) is 2.76. The summed E-state index contributed by atoms with van der Waals surface area (Å²) in [6.07, 6.45) is 1.87. The lowest BCUT2D eigenvalue weighted by Gasteiger charge is -2.16. The summed E-state index contributed by atoms with van der Waals surface area (Å²) in [6, 6.07) is 6.62. The Morgan fingerprint density at radius 1 is 1.44 bits per heavy atom. The van der Waals surface area contributed by atoms with Gasteiger partial charge in [0.1, 0.15) is 5.82 Å². The van der Waals surface area contributed by atoms with Gasteiger partial charge >= 0.3 is 0 Å². The molecular formula is C13H15ClFN3. The third-order valence-corrected chi connectivity index (χ3v) is 3.02. The second-order valence-corrected chi connectivity index (χ2v) is 4.49. The second-order valence-electron chi connectivity index (χ2n) is 4.08. The van der Waals surface area contributed by atoms with Crippen molar-refractivity contribution in [3.8, 4) is 0 Å². The summed E-state index contributed by atoms with van der Waals surface area (Å²) >= 11 is 5.70. The lowest BCUT2D eigenvalue weighted by atomic mass is 10.0. The van der Waals surface area contributed by atoms with Crippen LogP contribution in [0.3, 0.4) is 0 Å². The number of hydrogen-bond donors (Lipinski definition) is 1. The molecule has 1 unspecified atom stereocenters. The first-order valence-electron chi connectivity index (χ1n) is 5.79. The first-order chi connectivity index (χ1) is 8.61. The van der Waals surface area contributed by atoms with Gasteiger partial charge in [0.2, 0.25) is 0 Å². The number of aromatic nitrogens is 2. The van der Waals surface area contributed by atoms with E-state index in [1.165, 1.54) is 6.07 Å². The van der Waals surface area contributed by atoms with Crippen LogP contribution >= 0.6 is 11.6 Å². The van der Waals surface area contributed by atoms with Crippen molar-refractivity contribution in [1.29, 1.82) is 0 Å². The van der Waals surface area contributed by atoms with E-state index in [2.05, 4.69) is 10.4 Å². The van der Waals surface area contributed by atoms with Crippen molar-refractivity contribution in [3.63, 3.8) is 0 Å². The molecule has 1 aromatic carbocycles. The standard InChI is InChI=1S/C13H15ClFN3/c1-3-16-13(12-6-7-18(2)17-12)9-4-5-10(14)11(15)8-9/h4-8,13,16H,3H2,1-2H3. The minimum absolute atomic E-state index is 0.122. The van der Waals surface area contributed by atoms with Gasteiger partial charge in [-0.25, -0.2) is 4.39 Å². The summed E-state index contributed by atoms with van der Waals surface area (Å²) in [7, 11) is 1.86. The Balaban J connectivity index is 2.37. The van der Waals surface area contributed by atoms with Crippen molar-refractivity contribution >= 4 is 11.6 Å². The van der Waals surface area contributed by atoms with Crippen molar-refractivity contribution in [2.75, 3.05) is 6.54 Å². The highest BCUT2D eigenvalue weighted by Crippen LogP contribution is 2.24. The summed E-state index contributed by atoms with van der Waals surface area (Å²) in [5.74, 6) is -0.409. The molecule has 2 aromatic rings. The van der Waals surface area contributed by atoms with Crippen LogP contribution < -0.4 is 5.32 Å². The predicted molar refractivity (Wildman–Crippen MR) is 70.1 cm³/mol. The van der Waals surface area contributed by atoms with Gasteiger partial charge in [-0.3, -0.25) is 4.68 Å². The number of halogens is 2. The molecule has 1 heterocycles. The van der Waals surface area contributed by atoms with E-state index >= 15 is 0 Å². The Kier molecular flexibility index (Phi) is 3.99. The number of nitrogens with one attached hydrogen (secondary N) is 1. The predicted octanol–water partition coefficient (Wildman–Crippen LogP) is 2.91. The van der Waals surface area contributed by atoms with E-state index in [1.54, 1.807) is 10.7 Å². The molecule has 0 amide bonds.